The summed E-state index contributed by atoms with van der Waals surface area (Å²) in [6, 6.07) is 21.9. The number of thioether (sulfide) groups is 1. The normalized spacial score (nSPS) is 11.1. The van der Waals surface area contributed by atoms with Crippen LogP contribution in [0, 0.1) is 6.92 Å². The van der Waals surface area contributed by atoms with Crippen molar-refractivity contribution < 1.29 is 14.3 Å². The van der Waals surface area contributed by atoms with Gasteiger partial charge in [0.2, 0.25) is 0 Å². The Morgan fingerprint density at radius 1 is 1.06 bits per heavy atom. The van der Waals surface area contributed by atoms with Crippen LogP contribution in [0.15, 0.2) is 77.0 Å². The standard InChI is InChI=1S/C26H26N4O3S/c1-18-11-13-19(14-12-18)16-30-22-9-5-4-8-21(22)28-26(30)34-17-24(31)29-27-15-20-7-6-10-23(32-2)25(20)33-3/h4-15H,16-17H2,1-3H3,(H,29,31)/b27-15+. The summed E-state index contributed by atoms with van der Waals surface area (Å²) in [7, 11) is 3.14. The molecule has 4 rings (SSSR count). The molecular weight excluding hydrogens is 448 g/mol. The van der Waals surface area contributed by atoms with Gasteiger partial charge in [-0.25, -0.2) is 10.4 Å². The van der Waals surface area contributed by atoms with Crippen LogP contribution in [0.1, 0.15) is 16.7 Å². The molecule has 0 bridgehead atoms. The molecule has 0 aliphatic heterocycles. The third-order valence-electron chi connectivity index (χ3n) is 5.24. The summed E-state index contributed by atoms with van der Waals surface area (Å²) in [6.45, 7) is 2.75. The Balaban J connectivity index is 1.45. The number of nitrogens with one attached hydrogen (secondary N) is 1. The average molecular weight is 475 g/mol. The number of aromatic nitrogens is 2. The number of amides is 1. The highest BCUT2D eigenvalue weighted by atomic mass is 32.2. The lowest BCUT2D eigenvalue weighted by atomic mass is 10.1. The molecule has 0 unspecified atom stereocenters. The van der Waals surface area contributed by atoms with E-state index in [9.17, 15) is 4.79 Å². The van der Waals surface area contributed by atoms with Gasteiger partial charge in [-0.05, 0) is 36.8 Å². The number of hydrogen-bond acceptors (Lipinski definition) is 6. The van der Waals surface area contributed by atoms with E-state index in [2.05, 4.69) is 46.3 Å². The fourth-order valence-electron chi connectivity index (χ4n) is 3.54. The first-order valence-corrected chi connectivity index (χ1v) is 11.7. The van der Waals surface area contributed by atoms with Crippen molar-refractivity contribution in [2.24, 2.45) is 5.10 Å². The summed E-state index contributed by atoms with van der Waals surface area (Å²) >= 11 is 1.38. The molecule has 0 fully saturated rings. The summed E-state index contributed by atoms with van der Waals surface area (Å²) in [5, 5.41) is 4.87. The van der Waals surface area contributed by atoms with Crippen molar-refractivity contribution in [3.05, 3.63) is 83.4 Å². The van der Waals surface area contributed by atoms with Gasteiger partial charge in [-0.3, -0.25) is 4.79 Å². The molecule has 34 heavy (non-hydrogen) atoms. The summed E-state index contributed by atoms with van der Waals surface area (Å²) < 4.78 is 12.8. The Morgan fingerprint density at radius 2 is 1.85 bits per heavy atom. The first kappa shape index (κ1) is 23.4. The lowest BCUT2D eigenvalue weighted by molar-refractivity contribution is -0.118. The van der Waals surface area contributed by atoms with Crippen LogP contribution in [0.5, 0.6) is 11.5 Å². The van der Waals surface area contributed by atoms with Crippen molar-refractivity contribution >= 4 is 34.9 Å². The number of carbonyl (C=O) groups is 1. The minimum absolute atomic E-state index is 0.184. The Bertz CT molecular complexity index is 1320. The van der Waals surface area contributed by atoms with E-state index in [0.29, 0.717) is 23.6 Å². The topological polar surface area (TPSA) is 77.7 Å². The maximum Gasteiger partial charge on any atom is 0.250 e. The van der Waals surface area contributed by atoms with Crippen molar-refractivity contribution in [3.8, 4) is 11.5 Å². The van der Waals surface area contributed by atoms with Gasteiger partial charge in [-0.2, -0.15) is 5.10 Å². The van der Waals surface area contributed by atoms with Gasteiger partial charge in [0.25, 0.3) is 5.91 Å². The Labute approximate surface area is 202 Å². The lowest BCUT2D eigenvalue weighted by Crippen LogP contribution is -2.20. The van der Waals surface area contributed by atoms with Crippen molar-refractivity contribution in [3.63, 3.8) is 0 Å². The van der Waals surface area contributed by atoms with Crippen molar-refractivity contribution in [2.45, 2.75) is 18.6 Å². The first-order valence-electron chi connectivity index (χ1n) is 10.8. The zero-order valence-corrected chi connectivity index (χ0v) is 20.1. The molecule has 174 valence electrons. The van der Waals surface area contributed by atoms with Crippen LogP contribution in [0.4, 0.5) is 0 Å². The Kier molecular flexibility index (Phi) is 7.49. The van der Waals surface area contributed by atoms with E-state index in [1.54, 1.807) is 20.3 Å². The number of ether oxygens (including phenoxy) is 2. The van der Waals surface area contributed by atoms with Crippen molar-refractivity contribution in [2.75, 3.05) is 20.0 Å². The minimum Gasteiger partial charge on any atom is -0.493 e. The van der Waals surface area contributed by atoms with E-state index in [1.165, 1.54) is 29.1 Å². The molecule has 1 aromatic heterocycles. The van der Waals surface area contributed by atoms with E-state index in [4.69, 9.17) is 14.5 Å². The fourth-order valence-corrected chi connectivity index (χ4v) is 4.35. The molecular formula is C26H26N4O3S. The molecule has 0 radical (unpaired) electrons. The van der Waals surface area contributed by atoms with Crippen LogP contribution in [0.3, 0.4) is 0 Å². The van der Waals surface area contributed by atoms with Gasteiger partial charge in [0.05, 0.1) is 43.8 Å². The van der Waals surface area contributed by atoms with E-state index in [-0.39, 0.29) is 11.7 Å². The molecule has 0 spiro atoms. The van der Waals surface area contributed by atoms with Crippen molar-refractivity contribution in [1.82, 2.24) is 15.0 Å². The number of benzene rings is 3. The number of fused-ring (bicyclic) bond motifs is 1. The van der Waals surface area contributed by atoms with Crippen LogP contribution in [-0.2, 0) is 11.3 Å². The summed E-state index contributed by atoms with van der Waals surface area (Å²) in [5.41, 5.74) is 7.62. The Morgan fingerprint density at radius 3 is 2.62 bits per heavy atom. The van der Waals surface area contributed by atoms with E-state index in [1.807, 2.05) is 36.4 Å². The van der Waals surface area contributed by atoms with E-state index >= 15 is 0 Å². The largest absolute Gasteiger partial charge is 0.493 e. The number of carbonyl (C=O) groups excluding carboxylic acids is 1. The SMILES string of the molecule is COc1cccc(/C=N/NC(=O)CSc2nc3ccccc3n2Cc2ccc(C)cc2)c1OC. The number of methoxy groups -OCH3 is 2. The molecule has 0 atom stereocenters. The van der Waals surface area contributed by atoms with Gasteiger partial charge < -0.3 is 14.0 Å². The molecule has 0 aliphatic carbocycles. The molecule has 0 aliphatic rings. The second-order valence-electron chi connectivity index (χ2n) is 7.62. The summed E-state index contributed by atoms with van der Waals surface area (Å²) in [6.07, 6.45) is 1.54. The van der Waals surface area contributed by atoms with Gasteiger partial charge in [0.1, 0.15) is 0 Å². The predicted molar refractivity (Wildman–Crippen MR) is 136 cm³/mol. The van der Waals surface area contributed by atoms with Crippen LogP contribution in [0.25, 0.3) is 11.0 Å². The van der Waals surface area contributed by atoms with Crippen LogP contribution in [0.2, 0.25) is 0 Å². The zero-order chi connectivity index (χ0) is 23.9. The van der Waals surface area contributed by atoms with Gasteiger partial charge in [-0.15, -0.1) is 0 Å². The molecule has 1 amide bonds. The number of hydrazone groups is 1. The van der Waals surface area contributed by atoms with Gasteiger partial charge >= 0.3 is 0 Å². The highest BCUT2D eigenvalue weighted by Crippen LogP contribution is 2.29. The van der Waals surface area contributed by atoms with E-state index in [0.717, 1.165) is 16.2 Å². The van der Waals surface area contributed by atoms with Crippen LogP contribution >= 0.6 is 11.8 Å². The molecule has 1 N–H and O–H groups in total. The number of nitrogens with zero attached hydrogens (tertiary/aromatic N) is 3. The summed E-state index contributed by atoms with van der Waals surface area (Å²) in [4.78, 5) is 17.2. The molecule has 7 nitrogen and oxygen atoms in total. The van der Waals surface area contributed by atoms with Crippen LogP contribution < -0.4 is 14.9 Å². The number of imidazole rings is 1. The number of para-hydroxylation sites is 3. The molecule has 1 heterocycles. The Hall–Kier alpha value is -3.78. The molecule has 0 saturated carbocycles. The number of aryl methyl sites for hydroxylation is 1. The highest BCUT2D eigenvalue weighted by Gasteiger charge is 2.13. The highest BCUT2D eigenvalue weighted by molar-refractivity contribution is 7.99. The van der Waals surface area contributed by atoms with Gasteiger partial charge in [0, 0.05) is 5.56 Å². The number of rotatable bonds is 9. The smallest absolute Gasteiger partial charge is 0.250 e. The monoisotopic (exact) mass is 474 g/mol. The lowest BCUT2D eigenvalue weighted by Gasteiger charge is -2.10. The first-order chi connectivity index (χ1) is 16.6. The van der Waals surface area contributed by atoms with Gasteiger partial charge in [-0.1, -0.05) is 59.8 Å². The third kappa shape index (κ3) is 5.40. The zero-order valence-electron chi connectivity index (χ0n) is 19.3. The maximum absolute atomic E-state index is 12.5. The molecule has 3 aromatic carbocycles. The molecule has 4 aromatic rings. The van der Waals surface area contributed by atoms with E-state index < -0.39 is 0 Å². The molecule has 0 saturated heterocycles. The third-order valence-corrected chi connectivity index (χ3v) is 6.22. The summed E-state index contributed by atoms with van der Waals surface area (Å²) in [5.74, 6) is 1.11. The quantitative estimate of drug-likeness (QED) is 0.217. The fraction of sp³-hybridized carbons (Fsp3) is 0.192. The molecule has 8 heteroatoms. The van der Waals surface area contributed by atoms with Crippen molar-refractivity contribution in [1.29, 1.82) is 0 Å². The predicted octanol–water partition coefficient (Wildman–Crippen LogP) is 4.65. The van der Waals surface area contributed by atoms with Gasteiger partial charge in [0.15, 0.2) is 16.7 Å². The number of hydrogen-bond donors (Lipinski definition) is 1. The minimum atomic E-state index is -0.225. The van der Waals surface area contributed by atoms with Crippen LogP contribution in [-0.4, -0.2) is 41.6 Å². The maximum atomic E-state index is 12.5. The second kappa shape index (κ2) is 10.9. The second-order valence-corrected chi connectivity index (χ2v) is 8.56. The average Bonchev–Trinajstić information content (AvgIpc) is 3.21.